The second kappa shape index (κ2) is 11.4. The molecule has 0 spiro atoms. The number of carbonyl (C=O) groups is 2. The molecule has 1 aliphatic heterocycles. The Morgan fingerprint density at radius 1 is 1.12 bits per heavy atom. The van der Waals surface area contributed by atoms with Crippen LogP contribution in [0, 0.1) is 5.92 Å². The molecule has 0 bridgehead atoms. The van der Waals surface area contributed by atoms with Crippen molar-refractivity contribution >= 4 is 18.0 Å². The van der Waals surface area contributed by atoms with Crippen molar-refractivity contribution in [1.29, 1.82) is 0 Å². The number of rotatable bonds is 9. The summed E-state index contributed by atoms with van der Waals surface area (Å²) in [6.45, 7) is 3.14. The first kappa shape index (κ1) is 25.7. The first-order valence-corrected chi connectivity index (χ1v) is 9.85. The molecular weight excluding hydrogens is 428 g/mol. The normalized spacial score (nSPS) is 26.8. The second-order valence-corrected chi connectivity index (χ2v) is 7.58. The number of aliphatic carboxylic acids is 1. The fourth-order valence-corrected chi connectivity index (χ4v) is 2.85. The maximum Gasteiger partial charge on any atom is 0.340 e. The topological polar surface area (TPSA) is 172 Å². The third-order valence-electron chi connectivity index (χ3n) is 4.71. The highest BCUT2D eigenvalue weighted by Crippen LogP contribution is 2.33. The predicted molar refractivity (Wildman–Crippen MR) is 109 cm³/mol. The van der Waals surface area contributed by atoms with Crippen molar-refractivity contribution in [2.45, 2.75) is 50.7 Å². The highest BCUT2D eigenvalue weighted by Gasteiger charge is 2.45. The van der Waals surface area contributed by atoms with Gasteiger partial charge in [0.2, 0.25) is 6.29 Å². The summed E-state index contributed by atoms with van der Waals surface area (Å²) in [5, 5.41) is 49.2. The number of carboxylic acids is 1. The summed E-state index contributed by atoms with van der Waals surface area (Å²) < 4.78 is 21.3. The van der Waals surface area contributed by atoms with E-state index >= 15 is 0 Å². The molecule has 1 heterocycles. The third kappa shape index (κ3) is 6.48. The zero-order chi connectivity index (χ0) is 24.0. The molecule has 1 aliphatic rings. The number of aliphatic hydroxyl groups is 4. The number of carboxylic acid groups (broad SMARTS) is 1. The lowest BCUT2D eigenvalue weighted by atomic mass is 9.99. The molecule has 5 N–H and O–H groups in total. The van der Waals surface area contributed by atoms with Crippen LogP contribution in [0.5, 0.6) is 11.5 Å². The predicted octanol–water partition coefficient (Wildman–Crippen LogP) is -0.460. The molecule has 11 heteroatoms. The Balaban J connectivity index is 2.33. The van der Waals surface area contributed by atoms with Crippen molar-refractivity contribution in [3.63, 3.8) is 0 Å². The maximum absolute atomic E-state index is 12.3. The van der Waals surface area contributed by atoms with E-state index in [1.54, 1.807) is 13.8 Å². The van der Waals surface area contributed by atoms with E-state index < -0.39 is 54.7 Å². The number of methoxy groups -OCH3 is 1. The summed E-state index contributed by atoms with van der Waals surface area (Å²) in [5.74, 6) is -2.86. The average molecular weight is 456 g/mol. The van der Waals surface area contributed by atoms with Gasteiger partial charge in [-0.15, -0.1) is 0 Å². The molecule has 1 unspecified atom stereocenters. The third-order valence-corrected chi connectivity index (χ3v) is 4.71. The van der Waals surface area contributed by atoms with E-state index in [0.717, 1.165) is 6.08 Å². The largest absolute Gasteiger partial charge is 0.478 e. The van der Waals surface area contributed by atoms with E-state index in [0.29, 0.717) is 5.56 Å². The standard InChI is InChI=1S/C21H28O11/c1-10(2)16(24)20(28)30-13-8-11(5-7-15(22)23)4-6-12(13)31-21-19(27)18(26)17(25)14(32-21)9-29-3/h4-8,10,14,16-19,21,24-27H,9H2,1-3H3,(H,22,23)/b7-5+/t14-,16?,17-,18+,19-,21-/m1/s1. The molecule has 6 atom stereocenters. The van der Waals surface area contributed by atoms with Crippen LogP contribution in [0.3, 0.4) is 0 Å². The van der Waals surface area contributed by atoms with E-state index in [1.807, 2.05) is 0 Å². The molecule has 1 saturated heterocycles. The van der Waals surface area contributed by atoms with Crippen LogP contribution in [0.15, 0.2) is 24.3 Å². The molecule has 2 rings (SSSR count). The van der Waals surface area contributed by atoms with Crippen molar-refractivity contribution in [3.05, 3.63) is 29.8 Å². The Labute approximate surface area is 184 Å². The number of carbonyl (C=O) groups excluding carboxylic acids is 1. The molecule has 0 aliphatic carbocycles. The molecule has 0 amide bonds. The number of aliphatic hydroxyl groups excluding tert-OH is 4. The summed E-state index contributed by atoms with van der Waals surface area (Å²) in [5.41, 5.74) is 0.347. The molecule has 32 heavy (non-hydrogen) atoms. The van der Waals surface area contributed by atoms with E-state index in [9.17, 15) is 30.0 Å². The molecule has 1 aromatic rings. The number of benzene rings is 1. The van der Waals surface area contributed by atoms with Crippen molar-refractivity contribution in [1.82, 2.24) is 0 Å². The van der Waals surface area contributed by atoms with E-state index in [2.05, 4.69) is 0 Å². The van der Waals surface area contributed by atoms with Crippen LogP contribution in [0.2, 0.25) is 0 Å². The molecule has 11 nitrogen and oxygen atoms in total. The molecule has 1 fully saturated rings. The molecule has 0 saturated carbocycles. The zero-order valence-corrected chi connectivity index (χ0v) is 17.8. The minimum atomic E-state index is -1.64. The maximum atomic E-state index is 12.3. The van der Waals surface area contributed by atoms with Gasteiger partial charge < -0.3 is 44.5 Å². The Kier molecular flexibility index (Phi) is 9.13. The van der Waals surface area contributed by atoms with Crippen LogP contribution < -0.4 is 9.47 Å². The molecule has 1 aromatic carbocycles. The number of hydrogen-bond acceptors (Lipinski definition) is 10. The summed E-state index contributed by atoms with van der Waals surface area (Å²) >= 11 is 0. The van der Waals surface area contributed by atoms with Crippen LogP contribution in [0.1, 0.15) is 19.4 Å². The van der Waals surface area contributed by atoms with Crippen LogP contribution in [0.4, 0.5) is 0 Å². The Hall–Kier alpha value is -2.54. The van der Waals surface area contributed by atoms with Gasteiger partial charge in [-0.25, -0.2) is 9.59 Å². The Morgan fingerprint density at radius 2 is 1.81 bits per heavy atom. The Bertz CT molecular complexity index is 822. The van der Waals surface area contributed by atoms with Gasteiger partial charge in [0.25, 0.3) is 0 Å². The lowest BCUT2D eigenvalue weighted by molar-refractivity contribution is -0.278. The van der Waals surface area contributed by atoms with E-state index in [4.69, 9.17) is 24.1 Å². The van der Waals surface area contributed by atoms with Crippen molar-refractivity contribution < 1.29 is 54.1 Å². The number of hydrogen-bond donors (Lipinski definition) is 5. The van der Waals surface area contributed by atoms with Crippen LogP contribution in [0.25, 0.3) is 6.08 Å². The highest BCUT2D eigenvalue weighted by molar-refractivity contribution is 5.85. The van der Waals surface area contributed by atoms with Gasteiger partial charge in [0, 0.05) is 13.2 Å². The minimum absolute atomic E-state index is 0.0911. The first-order chi connectivity index (χ1) is 15.0. The van der Waals surface area contributed by atoms with Crippen molar-refractivity contribution in [3.8, 4) is 11.5 Å². The summed E-state index contributed by atoms with van der Waals surface area (Å²) in [7, 11) is 1.37. The van der Waals surface area contributed by atoms with E-state index in [-0.39, 0.29) is 18.1 Å². The first-order valence-electron chi connectivity index (χ1n) is 9.85. The van der Waals surface area contributed by atoms with Crippen LogP contribution >= 0.6 is 0 Å². The Morgan fingerprint density at radius 3 is 2.41 bits per heavy atom. The van der Waals surface area contributed by atoms with Gasteiger partial charge in [-0.2, -0.15) is 0 Å². The SMILES string of the molecule is COC[C@H]1O[C@@H](Oc2ccc(/C=C/C(=O)O)cc2OC(=O)C(O)C(C)C)[C@H](O)[C@@H](O)[C@@H]1O. The quantitative estimate of drug-likeness (QED) is 0.185. The van der Waals surface area contributed by atoms with Crippen molar-refractivity contribution in [2.24, 2.45) is 5.92 Å². The highest BCUT2D eigenvalue weighted by atomic mass is 16.7. The zero-order valence-electron chi connectivity index (χ0n) is 17.8. The molecule has 178 valence electrons. The molecule has 0 aromatic heterocycles. The minimum Gasteiger partial charge on any atom is -0.478 e. The van der Waals surface area contributed by atoms with Gasteiger partial charge >= 0.3 is 11.9 Å². The fraction of sp³-hybridized carbons (Fsp3) is 0.524. The number of ether oxygens (including phenoxy) is 4. The van der Waals surface area contributed by atoms with Gasteiger partial charge in [0.05, 0.1) is 6.61 Å². The van der Waals surface area contributed by atoms with Gasteiger partial charge in [0.15, 0.2) is 17.6 Å². The fourth-order valence-electron chi connectivity index (χ4n) is 2.85. The number of esters is 1. The lowest BCUT2D eigenvalue weighted by Gasteiger charge is -2.40. The van der Waals surface area contributed by atoms with Crippen molar-refractivity contribution in [2.75, 3.05) is 13.7 Å². The summed E-state index contributed by atoms with van der Waals surface area (Å²) in [6, 6.07) is 4.09. The van der Waals surface area contributed by atoms with Crippen LogP contribution in [-0.2, 0) is 19.1 Å². The smallest absolute Gasteiger partial charge is 0.340 e. The van der Waals surface area contributed by atoms with Gasteiger partial charge in [-0.1, -0.05) is 19.9 Å². The second-order valence-electron chi connectivity index (χ2n) is 7.58. The summed E-state index contributed by atoms with van der Waals surface area (Å²) in [6.07, 6.45) is -6.42. The van der Waals surface area contributed by atoms with Crippen LogP contribution in [-0.4, -0.2) is 88.0 Å². The van der Waals surface area contributed by atoms with E-state index in [1.165, 1.54) is 31.4 Å². The molecular formula is C21H28O11. The van der Waals surface area contributed by atoms with Gasteiger partial charge in [-0.05, 0) is 29.7 Å². The summed E-state index contributed by atoms with van der Waals surface area (Å²) in [4.78, 5) is 23.0. The van der Waals surface area contributed by atoms with Gasteiger partial charge in [-0.3, -0.25) is 0 Å². The average Bonchev–Trinajstić information content (AvgIpc) is 2.74. The van der Waals surface area contributed by atoms with Gasteiger partial charge in [0.1, 0.15) is 24.4 Å². The monoisotopic (exact) mass is 456 g/mol. The lowest BCUT2D eigenvalue weighted by Crippen LogP contribution is -2.60. The molecule has 0 radical (unpaired) electrons.